The van der Waals surface area contributed by atoms with Crippen LogP contribution in [-0.4, -0.2) is 90.7 Å². The first-order valence-corrected chi connectivity index (χ1v) is 18.1. The third kappa shape index (κ3) is 6.20. The number of nitrogens with zero attached hydrogens (tertiary/aromatic N) is 7. The fraction of sp³-hybridized carbons (Fsp3) is 0.344. The first kappa shape index (κ1) is 33.6. The molecule has 3 aliphatic heterocycles. The topological polar surface area (TPSA) is 190 Å². The Morgan fingerprint density at radius 1 is 1.20 bits per heavy atom. The molecule has 2 atom stereocenters. The van der Waals surface area contributed by atoms with Crippen molar-refractivity contribution in [2.75, 3.05) is 31.7 Å². The molecule has 0 unspecified atom stereocenters. The number of carbonyl (C=O) groups is 3. The number of benzene rings is 1. The van der Waals surface area contributed by atoms with E-state index in [1.807, 2.05) is 58.1 Å². The number of aromatic nitrogens is 4. The van der Waals surface area contributed by atoms with Crippen molar-refractivity contribution in [3.05, 3.63) is 81.3 Å². The van der Waals surface area contributed by atoms with Crippen LogP contribution in [0.25, 0.3) is 5.65 Å². The summed E-state index contributed by atoms with van der Waals surface area (Å²) in [5.74, 6) is -1.99. The highest BCUT2D eigenvalue weighted by Gasteiger charge is 2.53. The lowest BCUT2D eigenvalue weighted by Gasteiger charge is -2.50. The van der Waals surface area contributed by atoms with E-state index >= 15 is 0 Å². The zero-order valence-electron chi connectivity index (χ0n) is 26.9. The van der Waals surface area contributed by atoms with E-state index in [0.29, 0.717) is 18.0 Å². The second-order valence-corrected chi connectivity index (χ2v) is 14.8. The van der Waals surface area contributed by atoms with E-state index < -0.39 is 29.2 Å². The molecule has 2 fully saturated rings. The number of amides is 2. The SMILES string of the molecule is CO/N=C(\C(=O)N[C@@H]1C(=O)N2C(C(=O)[O-])=C(Cn3ccc4n3cc[n+]4Cc3ccc(C(=N)N4CCCCC4)cc3)CS[C@H]12)c1nc(N)sc1Cl. The number of nitrogen functional groups attached to an aromatic ring is 1. The van der Waals surface area contributed by atoms with Gasteiger partial charge in [0, 0.05) is 24.4 Å². The minimum atomic E-state index is -1.47. The number of likely N-dealkylation sites (tertiary alicyclic amines) is 1. The predicted octanol–water partition coefficient (Wildman–Crippen LogP) is 1.03. The Hall–Kier alpha value is -4.87. The van der Waals surface area contributed by atoms with Crippen molar-refractivity contribution < 1.29 is 28.9 Å². The number of aliphatic carboxylic acids is 1. The summed E-state index contributed by atoms with van der Waals surface area (Å²) in [5.41, 5.74) is 8.64. The molecule has 0 bridgehead atoms. The predicted molar refractivity (Wildman–Crippen MR) is 186 cm³/mol. The minimum Gasteiger partial charge on any atom is -0.543 e. The number of oxime groups is 1. The number of hydrogen-bond donors (Lipinski definition) is 3. The summed E-state index contributed by atoms with van der Waals surface area (Å²) in [6.07, 6.45) is 9.18. The zero-order chi connectivity index (χ0) is 35.1. The fourth-order valence-corrected chi connectivity index (χ4v) is 8.78. The van der Waals surface area contributed by atoms with E-state index in [1.54, 1.807) is 0 Å². The maximum absolute atomic E-state index is 13.3. The second kappa shape index (κ2) is 13.8. The number of fused-ring (bicyclic) bond motifs is 2. The molecule has 18 heteroatoms. The Morgan fingerprint density at radius 2 is 1.96 bits per heavy atom. The number of halogens is 1. The van der Waals surface area contributed by atoms with Crippen LogP contribution in [0.15, 0.2) is 65.3 Å². The van der Waals surface area contributed by atoms with Gasteiger partial charge >= 0.3 is 5.65 Å². The fourth-order valence-electron chi connectivity index (χ4n) is 6.51. The number of β-lactam (4-membered cyclic amide) rings is 1. The highest BCUT2D eigenvalue weighted by molar-refractivity contribution is 8.00. The molecule has 4 aromatic rings. The lowest BCUT2D eigenvalue weighted by atomic mass is 10.0. The molecule has 2 saturated heterocycles. The highest BCUT2D eigenvalue weighted by atomic mass is 35.5. The zero-order valence-corrected chi connectivity index (χ0v) is 29.3. The van der Waals surface area contributed by atoms with Gasteiger partial charge in [0.05, 0.1) is 30.5 Å². The molecule has 15 nitrogen and oxygen atoms in total. The molecule has 3 aliphatic rings. The van der Waals surface area contributed by atoms with Crippen molar-refractivity contribution in [1.29, 1.82) is 5.41 Å². The number of imidazole rings is 1. The van der Waals surface area contributed by atoms with Crippen LogP contribution >= 0.6 is 34.7 Å². The second-order valence-electron chi connectivity index (χ2n) is 12.0. The summed E-state index contributed by atoms with van der Waals surface area (Å²) in [6.45, 7) is 2.66. The number of hydrogen-bond acceptors (Lipinski definition) is 11. The smallest absolute Gasteiger partial charge is 0.307 e. The number of thioether (sulfide) groups is 1. The monoisotopic (exact) mass is 736 g/mol. The number of rotatable bonds is 10. The summed E-state index contributed by atoms with van der Waals surface area (Å²) in [5, 5.41) is 26.8. The number of piperidine rings is 1. The van der Waals surface area contributed by atoms with Crippen LogP contribution < -0.4 is 20.7 Å². The Bertz CT molecular complexity index is 2060. The molecule has 7 rings (SSSR count). The summed E-state index contributed by atoms with van der Waals surface area (Å²) in [6, 6.07) is 9.01. The molecule has 6 heterocycles. The number of amidine groups is 1. The average molecular weight is 737 g/mol. The van der Waals surface area contributed by atoms with Crippen LogP contribution in [0.5, 0.6) is 0 Å². The normalized spacial score (nSPS) is 19.4. The highest BCUT2D eigenvalue weighted by Crippen LogP contribution is 2.40. The Kier molecular flexibility index (Phi) is 9.28. The molecule has 4 N–H and O–H groups in total. The largest absolute Gasteiger partial charge is 0.543 e. The molecule has 0 saturated carbocycles. The van der Waals surface area contributed by atoms with Crippen LogP contribution in [-0.2, 0) is 32.3 Å². The number of nitrogens with two attached hydrogens (primary N) is 1. The van der Waals surface area contributed by atoms with Crippen LogP contribution in [0.1, 0.15) is 36.1 Å². The van der Waals surface area contributed by atoms with Crippen molar-refractivity contribution in [1.82, 2.24) is 29.3 Å². The Balaban J connectivity index is 1.04. The van der Waals surface area contributed by atoms with E-state index in [9.17, 15) is 19.5 Å². The maximum atomic E-state index is 13.3. The van der Waals surface area contributed by atoms with Gasteiger partial charge in [0.2, 0.25) is 0 Å². The third-order valence-electron chi connectivity index (χ3n) is 8.95. The van der Waals surface area contributed by atoms with E-state index in [4.69, 9.17) is 27.6 Å². The van der Waals surface area contributed by atoms with Crippen molar-refractivity contribution in [3.8, 4) is 0 Å². The molecule has 1 aromatic carbocycles. The maximum Gasteiger partial charge on any atom is 0.307 e. The van der Waals surface area contributed by atoms with E-state index in [0.717, 1.165) is 58.9 Å². The lowest BCUT2D eigenvalue weighted by molar-refractivity contribution is -0.661. The van der Waals surface area contributed by atoms with E-state index in [-0.39, 0.29) is 38.9 Å². The van der Waals surface area contributed by atoms with Gasteiger partial charge in [-0.2, -0.15) is 0 Å². The van der Waals surface area contributed by atoms with Gasteiger partial charge in [0.1, 0.15) is 47.1 Å². The molecule has 2 amide bonds. The van der Waals surface area contributed by atoms with Gasteiger partial charge in [-0.25, -0.2) is 14.2 Å². The molecule has 50 heavy (non-hydrogen) atoms. The van der Waals surface area contributed by atoms with Crippen molar-refractivity contribution in [3.63, 3.8) is 0 Å². The van der Waals surface area contributed by atoms with Gasteiger partial charge in [-0.15, -0.1) is 16.3 Å². The number of carbonyl (C=O) groups excluding carboxylic acids is 3. The van der Waals surface area contributed by atoms with Crippen molar-refractivity contribution in [2.45, 2.75) is 43.8 Å². The van der Waals surface area contributed by atoms with Crippen LogP contribution in [0.3, 0.4) is 0 Å². The van der Waals surface area contributed by atoms with Gasteiger partial charge in [-0.3, -0.25) is 19.9 Å². The molecule has 0 aliphatic carbocycles. The summed E-state index contributed by atoms with van der Waals surface area (Å²) in [4.78, 5) is 51.1. The first-order valence-electron chi connectivity index (χ1n) is 15.9. The van der Waals surface area contributed by atoms with Gasteiger partial charge < -0.3 is 30.7 Å². The quantitative estimate of drug-likeness (QED) is 0.0702. The summed E-state index contributed by atoms with van der Waals surface area (Å²) >= 11 is 8.46. The Labute approximate surface area is 299 Å². The van der Waals surface area contributed by atoms with Gasteiger partial charge in [-0.05, 0) is 30.4 Å². The van der Waals surface area contributed by atoms with Gasteiger partial charge in [0.15, 0.2) is 17.0 Å². The molecule has 3 aromatic heterocycles. The number of anilines is 1. The molecule has 0 radical (unpaired) electrons. The first-order chi connectivity index (χ1) is 24.1. The van der Waals surface area contributed by atoms with Crippen molar-refractivity contribution >= 4 is 74.8 Å². The number of carboxylic acid groups (broad SMARTS) is 1. The van der Waals surface area contributed by atoms with Gasteiger partial charge in [-0.1, -0.05) is 52.4 Å². The minimum absolute atomic E-state index is 0.0120. The lowest BCUT2D eigenvalue weighted by Crippen LogP contribution is -2.71. The summed E-state index contributed by atoms with van der Waals surface area (Å²) < 4.78 is 6.00. The van der Waals surface area contributed by atoms with E-state index in [1.165, 1.54) is 25.3 Å². The van der Waals surface area contributed by atoms with Gasteiger partial charge in [0.25, 0.3) is 11.8 Å². The standard InChI is InChI=1S/C32H33ClN10O5S2/c1-48-38-23(22-26(33)50-32(35)37-22)28(44)36-24-29(45)43-25(31(46)47)20(17-49-30(24)43)16-41-12-9-21-40(13-14-42(21)41)15-18-5-7-19(8-6-18)27(34)39-10-3-2-4-11-39/h5-9,12-14,24,30,34H,2-4,10-11,15-17H2,1H3,(H3-,35,36,37,44,46,47)/b34-27?,38-23-/t24-,30-/m1/s1. The van der Waals surface area contributed by atoms with Crippen LogP contribution in [0.4, 0.5) is 5.13 Å². The summed E-state index contributed by atoms with van der Waals surface area (Å²) in [7, 11) is 1.25. The molecule has 0 spiro atoms. The van der Waals surface area contributed by atoms with Crippen molar-refractivity contribution in [2.24, 2.45) is 5.16 Å². The molecular formula is C32H33ClN10O5S2. The van der Waals surface area contributed by atoms with E-state index in [2.05, 4.69) is 24.9 Å². The third-order valence-corrected chi connectivity index (χ3v) is 11.4. The molecular weight excluding hydrogens is 704 g/mol. The number of nitrogens with one attached hydrogen (secondary N) is 2. The number of thiazole rings is 1. The molecule has 260 valence electrons. The average Bonchev–Trinajstić information content (AvgIpc) is 3.81. The van der Waals surface area contributed by atoms with Crippen LogP contribution in [0, 0.1) is 5.41 Å². The van der Waals surface area contributed by atoms with Crippen LogP contribution in [0.2, 0.25) is 4.34 Å². The Morgan fingerprint density at radius 3 is 2.64 bits per heavy atom. The number of carboxylic acids is 1.